The first-order chi connectivity index (χ1) is 10.7. The van der Waals surface area contributed by atoms with Gasteiger partial charge >= 0.3 is 0 Å². The zero-order chi connectivity index (χ0) is 15.1. The molecule has 1 heteroatoms. The third-order valence-electron chi connectivity index (χ3n) is 4.35. The number of hydrogen-bond acceptors (Lipinski definition) is 1. The highest BCUT2D eigenvalue weighted by molar-refractivity contribution is 6.11. The van der Waals surface area contributed by atoms with E-state index in [0.29, 0.717) is 0 Å². The lowest BCUT2D eigenvalue weighted by Crippen LogP contribution is -1.88. The summed E-state index contributed by atoms with van der Waals surface area (Å²) >= 11 is 0. The van der Waals surface area contributed by atoms with Crippen LogP contribution in [0.3, 0.4) is 0 Å². The van der Waals surface area contributed by atoms with Crippen LogP contribution >= 0.6 is 0 Å². The van der Waals surface area contributed by atoms with E-state index in [1.807, 2.05) is 6.20 Å². The van der Waals surface area contributed by atoms with E-state index in [-0.39, 0.29) is 0 Å². The fraction of sp³-hybridized carbons (Fsp3) is 0.0952. The maximum Gasteiger partial charge on any atom is 0.0780 e. The highest BCUT2D eigenvalue weighted by atomic mass is 14.7. The molecule has 0 bridgehead atoms. The third kappa shape index (κ3) is 1.98. The van der Waals surface area contributed by atoms with Crippen molar-refractivity contribution in [1.82, 2.24) is 4.98 Å². The predicted molar refractivity (Wildman–Crippen MR) is 94.2 cm³/mol. The Kier molecular flexibility index (Phi) is 2.93. The molecule has 106 valence electrons. The molecule has 22 heavy (non-hydrogen) atoms. The quantitative estimate of drug-likeness (QED) is 0.410. The minimum absolute atomic E-state index is 1.06. The van der Waals surface area contributed by atoms with Crippen molar-refractivity contribution in [3.63, 3.8) is 0 Å². The molecule has 0 atom stereocenters. The van der Waals surface area contributed by atoms with Crippen LogP contribution in [-0.2, 0) is 0 Å². The van der Waals surface area contributed by atoms with Crippen LogP contribution in [0.5, 0.6) is 0 Å². The van der Waals surface area contributed by atoms with Gasteiger partial charge in [-0.1, -0.05) is 60.2 Å². The molecule has 1 aromatic heterocycles. The zero-order valence-corrected chi connectivity index (χ0v) is 12.8. The topological polar surface area (TPSA) is 12.9 Å². The number of aromatic nitrogens is 1. The molecule has 0 N–H and O–H groups in total. The lowest BCUT2D eigenvalue weighted by atomic mass is 9.96. The summed E-state index contributed by atoms with van der Waals surface area (Å²) < 4.78 is 0. The van der Waals surface area contributed by atoms with Crippen molar-refractivity contribution in [2.24, 2.45) is 0 Å². The van der Waals surface area contributed by atoms with E-state index < -0.39 is 0 Å². The molecule has 4 rings (SSSR count). The maximum atomic E-state index is 4.64. The molecular weight excluding hydrogens is 266 g/mol. The SMILES string of the molecule is Cc1ccc(-c2nccc3c2ccc2c(C)cccc23)cc1. The summed E-state index contributed by atoms with van der Waals surface area (Å²) in [6, 6.07) is 21.6. The van der Waals surface area contributed by atoms with Gasteiger partial charge in [-0.05, 0) is 41.6 Å². The Hall–Kier alpha value is -2.67. The Labute approximate surface area is 130 Å². The minimum atomic E-state index is 1.06. The van der Waals surface area contributed by atoms with E-state index in [9.17, 15) is 0 Å². The van der Waals surface area contributed by atoms with Crippen molar-refractivity contribution in [3.05, 3.63) is 78.0 Å². The highest BCUT2D eigenvalue weighted by Gasteiger charge is 2.08. The molecule has 0 saturated heterocycles. The van der Waals surface area contributed by atoms with Crippen molar-refractivity contribution in [2.45, 2.75) is 13.8 Å². The first-order valence-electron chi connectivity index (χ1n) is 7.58. The van der Waals surface area contributed by atoms with Gasteiger partial charge in [0.1, 0.15) is 0 Å². The smallest absolute Gasteiger partial charge is 0.0780 e. The van der Waals surface area contributed by atoms with Crippen LogP contribution in [0.2, 0.25) is 0 Å². The Morgan fingerprint density at radius 2 is 1.36 bits per heavy atom. The van der Waals surface area contributed by atoms with E-state index in [4.69, 9.17) is 0 Å². The average molecular weight is 283 g/mol. The maximum absolute atomic E-state index is 4.64. The number of rotatable bonds is 1. The van der Waals surface area contributed by atoms with E-state index in [0.717, 1.165) is 5.69 Å². The largest absolute Gasteiger partial charge is 0.256 e. The Bertz CT molecular complexity index is 982. The summed E-state index contributed by atoms with van der Waals surface area (Å²) in [5.74, 6) is 0. The van der Waals surface area contributed by atoms with Gasteiger partial charge in [0.2, 0.25) is 0 Å². The van der Waals surface area contributed by atoms with Crippen LogP contribution in [-0.4, -0.2) is 4.98 Å². The first-order valence-corrected chi connectivity index (χ1v) is 7.58. The van der Waals surface area contributed by atoms with E-state index in [1.54, 1.807) is 0 Å². The van der Waals surface area contributed by atoms with Crippen molar-refractivity contribution >= 4 is 21.5 Å². The van der Waals surface area contributed by atoms with Gasteiger partial charge in [0, 0.05) is 17.1 Å². The Morgan fingerprint density at radius 3 is 2.18 bits per heavy atom. The second-order valence-electron chi connectivity index (χ2n) is 5.86. The number of fused-ring (bicyclic) bond motifs is 3. The summed E-state index contributed by atoms with van der Waals surface area (Å²) in [5.41, 5.74) is 4.81. The molecule has 0 fully saturated rings. The molecule has 0 saturated carbocycles. The summed E-state index contributed by atoms with van der Waals surface area (Å²) in [7, 11) is 0. The molecule has 0 spiro atoms. The molecule has 4 aromatic rings. The molecular formula is C21H17N. The minimum Gasteiger partial charge on any atom is -0.256 e. The molecule has 0 radical (unpaired) electrons. The molecule has 0 aliphatic rings. The third-order valence-corrected chi connectivity index (χ3v) is 4.35. The van der Waals surface area contributed by atoms with Crippen molar-refractivity contribution in [1.29, 1.82) is 0 Å². The second-order valence-corrected chi connectivity index (χ2v) is 5.86. The van der Waals surface area contributed by atoms with Crippen LogP contribution in [0.4, 0.5) is 0 Å². The van der Waals surface area contributed by atoms with Gasteiger partial charge in [-0.15, -0.1) is 0 Å². The van der Waals surface area contributed by atoms with Gasteiger partial charge in [-0.25, -0.2) is 0 Å². The van der Waals surface area contributed by atoms with Crippen LogP contribution in [0, 0.1) is 13.8 Å². The number of nitrogens with zero attached hydrogens (tertiary/aromatic N) is 1. The fourth-order valence-electron chi connectivity index (χ4n) is 3.12. The first kappa shape index (κ1) is 13.0. The standard InChI is InChI=1S/C21H17N/c1-14-6-8-16(9-7-14)21-20-11-10-17-15(2)4-3-5-18(17)19(20)12-13-22-21/h3-13H,1-2H3. The van der Waals surface area contributed by atoms with E-state index >= 15 is 0 Å². The van der Waals surface area contributed by atoms with Crippen LogP contribution in [0.1, 0.15) is 11.1 Å². The van der Waals surface area contributed by atoms with Crippen LogP contribution in [0.25, 0.3) is 32.8 Å². The van der Waals surface area contributed by atoms with Gasteiger partial charge in [0.15, 0.2) is 0 Å². The van der Waals surface area contributed by atoms with Crippen molar-refractivity contribution < 1.29 is 0 Å². The van der Waals surface area contributed by atoms with Crippen molar-refractivity contribution in [3.8, 4) is 11.3 Å². The number of benzene rings is 3. The molecule has 0 unspecified atom stereocenters. The molecule has 1 nitrogen and oxygen atoms in total. The van der Waals surface area contributed by atoms with Crippen molar-refractivity contribution in [2.75, 3.05) is 0 Å². The van der Waals surface area contributed by atoms with E-state index in [2.05, 4.69) is 79.5 Å². The van der Waals surface area contributed by atoms with Gasteiger partial charge < -0.3 is 0 Å². The Balaban J connectivity index is 2.07. The summed E-state index contributed by atoms with van der Waals surface area (Å²) in [6.45, 7) is 4.27. The van der Waals surface area contributed by atoms with E-state index in [1.165, 1.54) is 38.2 Å². The van der Waals surface area contributed by atoms with Gasteiger partial charge in [0.05, 0.1) is 5.69 Å². The highest BCUT2D eigenvalue weighted by Crippen LogP contribution is 2.32. The molecule has 0 aliphatic carbocycles. The zero-order valence-electron chi connectivity index (χ0n) is 12.8. The van der Waals surface area contributed by atoms with Crippen LogP contribution < -0.4 is 0 Å². The molecule has 0 amide bonds. The van der Waals surface area contributed by atoms with Gasteiger partial charge in [-0.2, -0.15) is 0 Å². The molecule has 0 aliphatic heterocycles. The summed E-state index contributed by atoms with van der Waals surface area (Å²) in [6.07, 6.45) is 1.92. The van der Waals surface area contributed by atoms with Gasteiger partial charge in [-0.3, -0.25) is 4.98 Å². The lowest BCUT2D eigenvalue weighted by molar-refractivity contribution is 1.35. The second kappa shape index (κ2) is 4.96. The van der Waals surface area contributed by atoms with Crippen LogP contribution in [0.15, 0.2) is 66.9 Å². The normalized spacial score (nSPS) is 11.2. The molecule has 1 heterocycles. The monoisotopic (exact) mass is 283 g/mol. The number of aryl methyl sites for hydroxylation is 2. The number of hydrogen-bond donors (Lipinski definition) is 0. The lowest BCUT2D eigenvalue weighted by Gasteiger charge is -2.10. The van der Waals surface area contributed by atoms with Gasteiger partial charge in [0.25, 0.3) is 0 Å². The average Bonchev–Trinajstić information content (AvgIpc) is 2.55. The predicted octanol–water partition coefficient (Wildman–Crippen LogP) is 5.67. The summed E-state index contributed by atoms with van der Waals surface area (Å²) in [4.78, 5) is 4.64. The number of pyridine rings is 1. The Morgan fingerprint density at radius 1 is 0.636 bits per heavy atom. The summed E-state index contributed by atoms with van der Waals surface area (Å²) in [5, 5.41) is 5.10. The fourth-order valence-corrected chi connectivity index (χ4v) is 3.12. The molecule has 3 aromatic carbocycles.